The Labute approximate surface area is 140 Å². The van der Waals surface area contributed by atoms with Crippen LogP contribution in [0.5, 0.6) is 11.5 Å². The highest BCUT2D eigenvalue weighted by Gasteiger charge is 2.34. The molecule has 24 heavy (non-hydrogen) atoms. The van der Waals surface area contributed by atoms with Crippen molar-refractivity contribution < 1.29 is 14.3 Å². The Morgan fingerprint density at radius 1 is 1.21 bits per heavy atom. The van der Waals surface area contributed by atoms with Gasteiger partial charge in [0.05, 0.1) is 20.2 Å². The number of methoxy groups -OCH3 is 1. The molecule has 2 heterocycles. The number of amides is 1. The number of carbonyl (C=O) groups is 1. The van der Waals surface area contributed by atoms with E-state index in [1.54, 1.807) is 31.9 Å². The molecule has 0 aliphatic carbocycles. The van der Waals surface area contributed by atoms with Crippen LogP contribution in [-0.4, -0.2) is 42.1 Å². The number of hydrogen-bond donors (Lipinski definition) is 1. The Morgan fingerprint density at radius 2 is 1.88 bits per heavy atom. The van der Waals surface area contributed by atoms with E-state index >= 15 is 0 Å². The van der Waals surface area contributed by atoms with E-state index in [0.717, 1.165) is 5.69 Å². The van der Waals surface area contributed by atoms with Crippen molar-refractivity contribution in [3.8, 4) is 11.5 Å². The molecule has 3 rings (SSSR count). The van der Waals surface area contributed by atoms with Crippen molar-refractivity contribution in [3.63, 3.8) is 0 Å². The maximum absolute atomic E-state index is 12.5. The summed E-state index contributed by atoms with van der Waals surface area (Å²) >= 11 is 0. The fourth-order valence-electron chi connectivity index (χ4n) is 2.85. The molecule has 0 atom stereocenters. The van der Waals surface area contributed by atoms with E-state index < -0.39 is 0 Å². The minimum Gasteiger partial charge on any atom is -0.493 e. The summed E-state index contributed by atoms with van der Waals surface area (Å²) in [6.45, 7) is 4.47. The van der Waals surface area contributed by atoms with E-state index in [4.69, 9.17) is 9.47 Å². The van der Waals surface area contributed by atoms with Gasteiger partial charge in [0.15, 0.2) is 11.5 Å². The second-order valence-electron chi connectivity index (χ2n) is 5.94. The number of H-pyrrole nitrogens is 1. The highest BCUT2D eigenvalue weighted by atomic mass is 16.5. The quantitative estimate of drug-likeness (QED) is 0.930. The molecule has 2 aromatic rings. The Balaban J connectivity index is 1.67. The molecule has 126 valence electrons. The monoisotopic (exact) mass is 328 g/mol. The average Bonchev–Trinajstić information content (AvgIpc) is 2.49. The number of likely N-dealkylation sites (tertiary alicyclic amines) is 1. The molecular weight excluding hydrogens is 308 g/mol. The van der Waals surface area contributed by atoms with E-state index in [1.165, 1.54) is 0 Å². The lowest BCUT2D eigenvalue weighted by Crippen LogP contribution is -2.57. The molecule has 1 aromatic carbocycles. The van der Waals surface area contributed by atoms with Crippen LogP contribution in [0.4, 0.5) is 0 Å². The molecule has 0 radical (unpaired) electrons. The van der Waals surface area contributed by atoms with E-state index in [9.17, 15) is 9.59 Å². The maximum atomic E-state index is 12.5. The molecule has 1 aliphatic rings. The number of rotatable bonds is 4. The van der Waals surface area contributed by atoms with Crippen LogP contribution in [0.3, 0.4) is 0 Å². The zero-order valence-electron chi connectivity index (χ0n) is 14.0. The summed E-state index contributed by atoms with van der Waals surface area (Å²) in [6, 6.07) is 9.20. The predicted molar refractivity (Wildman–Crippen MR) is 89.9 cm³/mol. The average molecular weight is 328 g/mol. The van der Waals surface area contributed by atoms with E-state index in [2.05, 4.69) is 4.98 Å². The number of nitrogens with one attached hydrogen (secondary N) is 1. The molecule has 0 bridgehead atoms. The minimum absolute atomic E-state index is 0.102. The van der Waals surface area contributed by atoms with Gasteiger partial charge in [0.2, 0.25) is 0 Å². The lowest BCUT2D eigenvalue weighted by Gasteiger charge is -2.39. The molecule has 6 nitrogen and oxygen atoms in total. The second-order valence-corrected chi connectivity index (χ2v) is 5.94. The number of para-hydroxylation sites is 2. The normalized spacial score (nSPS) is 14.2. The van der Waals surface area contributed by atoms with Crippen LogP contribution >= 0.6 is 0 Å². The molecule has 1 aromatic heterocycles. The van der Waals surface area contributed by atoms with Crippen molar-refractivity contribution in [3.05, 3.63) is 57.5 Å². The second kappa shape index (κ2) is 6.39. The predicted octanol–water partition coefficient (Wildman–Crippen LogP) is 1.90. The van der Waals surface area contributed by atoms with Gasteiger partial charge in [-0.2, -0.15) is 0 Å². The van der Waals surface area contributed by atoms with E-state index in [0.29, 0.717) is 30.2 Å². The van der Waals surface area contributed by atoms with Crippen molar-refractivity contribution >= 4 is 5.91 Å². The van der Waals surface area contributed by atoms with Crippen LogP contribution in [0.1, 0.15) is 21.6 Å². The fraction of sp³-hybridized carbons (Fsp3) is 0.333. The highest BCUT2D eigenvalue weighted by molar-refractivity contribution is 5.95. The van der Waals surface area contributed by atoms with Gasteiger partial charge in [0, 0.05) is 5.69 Å². The molecule has 1 amide bonds. The van der Waals surface area contributed by atoms with Crippen molar-refractivity contribution in [1.29, 1.82) is 0 Å². The number of hydrogen-bond acceptors (Lipinski definition) is 4. The number of aromatic nitrogens is 1. The van der Waals surface area contributed by atoms with Crippen LogP contribution in [-0.2, 0) is 0 Å². The van der Waals surface area contributed by atoms with Crippen molar-refractivity contribution in [2.75, 3.05) is 20.2 Å². The Morgan fingerprint density at radius 3 is 2.50 bits per heavy atom. The van der Waals surface area contributed by atoms with Gasteiger partial charge < -0.3 is 19.4 Å². The van der Waals surface area contributed by atoms with Gasteiger partial charge in [-0.3, -0.25) is 9.59 Å². The lowest BCUT2D eigenvalue weighted by atomic mass is 10.1. The minimum atomic E-state index is -0.341. The van der Waals surface area contributed by atoms with Gasteiger partial charge in [-0.05, 0) is 37.6 Å². The van der Waals surface area contributed by atoms with Crippen LogP contribution < -0.4 is 15.0 Å². The van der Waals surface area contributed by atoms with Gasteiger partial charge in [-0.25, -0.2) is 0 Å². The molecule has 0 unspecified atom stereocenters. The highest BCUT2D eigenvalue weighted by Crippen LogP contribution is 2.29. The van der Waals surface area contributed by atoms with Crippen LogP contribution in [0.25, 0.3) is 0 Å². The number of carbonyl (C=O) groups excluding carboxylic acids is 1. The standard InChI is InChI=1S/C18H20N2O4/c1-11-8-12(2)19-17(21)16(11)18(22)20-9-13(10-20)24-15-7-5-4-6-14(15)23-3/h4-8,13H,9-10H2,1-3H3,(H,19,21). The third-order valence-corrected chi connectivity index (χ3v) is 4.08. The van der Waals surface area contributed by atoms with Gasteiger partial charge >= 0.3 is 0 Å². The molecule has 1 N–H and O–H groups in total. The lowest BCUT2D eigenvalue weighted by molar-refractivity contribution is 0.0167. The summed E-state index contributed by atoms with van der Waals surface area (Å²) < 4.78 is 11.1. The smallest absolute Gasteiger partial charge is 0.261 e. The zero-order valence-corrected chi connectivity index (χ0v) is 14.0. The number of nitrogens with zero attached hydrogens (tertiary/aromatic N) is 1. The number of ether oxygens (including phenoxy) is 2. The van der Waals surface area contributed by atoms with Crippen LogP contribution in [0.2, 0.25) is 0 Å². The van der Waals surface area contributed by atoms with Gasteiger partial charge in [0.25, 0.3) is 11.5 Å². The topological polar surface area (TPSA) is 71.6 Å². The summed E-state index contributed by atoms with van der Waals surface area (Å²) in [4.78, 5) is 28.9. The number of aromatic amines is 1. The first-order valence-electron chi connectivity index (χ1n) is 7.79. The summed E-state index contributed by atoms with van der Waals surface area (Å²) in [6.07, 6.45) is -0.102. The maximum Gasteiger partial charge on any atom is 0.261 e. The SMILES string of the molecule is COc1ccccc1OC1CN(C(=O)c2c(C)cc(C)[nH]c2=O)C1. The number of aryl methyl sites for hydroxylation is 2. The third-order valence-electron chi connectivity index (χ3n) is 4.08. The third kappa shape index (κ3) is 2.99. The van der Waals surface area contributed by atoms with Gasteiger partial charge in [0.1, 0.15) is 11.7 Å². The number of pyridine rings is 1. The zero-order chi connectivity index (χ0) is 17.3. The number of benzene rings is 1. The van der Waals surface area contributed by atoms with Gasteiger partial charge in [-0.15, -0.1) is 0 Å². The Bertz CT molecular complexity index is 822. The molecule has 1 saturated heterocycles. The first kappa shape index (κ1) is 16.1. The van der Waals surface area contributed by atoms with Gasteiger partial charge in [-0.1, -0.05) is 12.1 Å². The Hall–Kier alpha value is -2.76. The summed E-state index contributed by atoms with van der Waals surface area (Å²) in [5, 5.41) is 0. The molecular formula is C18H20N2O4. The molecule has 0 spiro atoms. The molecule has 0 saturated carbocycles. The van der Waals surface area contributed by atoms with Crippen molar-refractivity contribution in [2.24, 2.45) is 0 Å². The van der Waals surface area contributed by atoms with E-state index in [-0.39, 0.29) is 23.1 Å². The fourth-order valence-corrected chi connectivity index (χ4v) is 2.85. The largest absolute Gasteiger partial charge is 0.493 e. The van der Waals surface area contributed by atoms with E-state index in [1.807, 2.05) is 24.3 Å². The van der Waals surface area contributed by atoms with Crippen molar-refractivity contribution in [1.82, 2.24) is 9.88 Å². The van der Waals surface area contributed by atoms with Crippen molar-refractivity contribution in [2.45, 2.75) is 20.0 Å². The molecule has 1 fully saturated rings. The first-order valence-corrected chi connectivity index (χ1v) is 7.79. The van der Waals surface area contributed by atoms with Crippen LogP contribution in [0, 0.1) is 13.8 Å². The van der Waals surface area contributed by atoms with Crippen LogP contribution in [0.15, 0.2) is 35.1 Å². The summed E-state index contributed by atoms with van der Waals surface area (Å²) in [5.41, 5.74) is 1.30. The summed E-state index contributed by atoms with van der Waals surface area (Å²) in [5.74, 6) is 1.06. The molecule has 6 heteroatoms. The summed E-state index contributed by atoms with van der Waals surface area (Å²) in [7, 11) is 1.59. The Kier molecular flexibility index (Phi) is 4.29. The molecule has 1 aliphatic heterocycles. The first-order chi connectivity index (χ1) is 11.5.